The van der Waals surface area contributed by atoms with E-state index in [9.17, 15) is 9.59 Å². The van der Waals surface area contributed by atoms with Gasteiger partial charge in [0.1, 0.15) is 0 Å². The second kappa shape index (κ2) is 4.65. The molecule has 1 aliphatic rings. The molecule has 0 N–H and O–H groups in total. The van der Waals surface area contributed by atoms with Gasteiger partial charge < -0.3 is 18.5 Å². The van der Waals surface area contributed by atoms with Crippen molar-refractivity contribution >= 4 is 6.09 Å². The Labute approximate surface area is 98.1 Å². The van der Waals surface area contributed by atoms with Crippen molar-refractivity contribution in [2.75, 3.05) is 13.1 Å². The highest BCUT2D eigenvalue weighted by molar-refractivity contribution is 5.67. The molecule has 1 aliphatic heterocycles. The van der Waals surface area contributed by atoms with Crippen molar-refractivity contribution in [3.63, 3.8) is 0 Å². The Morgan fingerprint density at radius 1 is 1.53 bits per heavy atom. The summed E-state index contributed by atoms with van der Waals surface area (Å²) in [5.41, 5.74) is 0. The van der Waals surface area contributed by atoms with E-state index in [1.54, 1.807) is 11.8 Å². The fourth-order valence-corrected chi connectivity index (χ4v) is 1.83. The van der Waals surface area contributed by atoms with Crippen LogP contribution in [0.4, 0.5) is 4.79 Å². The number of carbonyl (C=O) groups is 1. The van der Waals surface area contributed by atoms with Gasteiger partial charge in [-0.3, -0.25) is 0 Å². The van der Waals surface area contributed by atoms with Gasteiger partial charge >= 0.3 is 11.9 Å². The lowest BCUT2D eigenvalue weighted by Gasteiger charge is -2.14. The van der Waals surface area contributed by atoms with E-state index < -0.39 is 5.82 Å². The molecule has 0 aliphatic carbocycles. The van der Waals surface area contributed by atoms with Crippen molar-refractivity contribution in [1.29, 1.82) is 0 Å². The van der Waals surface area contributed by atoms with E-state index in [2.05, 4.69) is 11.3 Å². The van der Waals surface area contributed by atoms with Crippen LogP contribution in [-0.4, -0.2) is 24.1 Å². The van der Waals surface area contributed by atoms with Crippen molar-refractivity contribution < 1.29 is 18.4 Å². The maximum atomic E-state index is 11.6. The molecule has 1 unspecified atom stereocenters. The molecule has 0 bridgehead atoms. The number of amides is 1. The summed E-state index contributed by atoms with van der Waals surface area (Å²) in [4.78, 5) is 24.1. The average molecular weight is 241 g/mol. The summed E-state index contributed by atoms with van der Waals surface area (Å²) in [7, 11) is 0. The zero-order valence-corrected chi connectivity index (χ0v) is 9.89. The van der Waals surface area contributed by atoms with Crippen LogP contribution in [0.1, 0.15) is 24.9 Å². The van der Waals surface area contributed by atoms with Crippen LogP contribution in [0.25, 0.3) is 0 Å². The van der Waals surface area contributed by atoms with Gasteiger partial charge in [-0.2, -0.15) is 0 Å². The van der Waals surface area contributed by atoms with Gasteiger partial charge in [0.2, 0.25) is 0 Å². The first-order valence-electron chi connectivity index (χ1n) is 5.57. The highest BCUT2D eigenvalue weighted by Crippen LogP contribution is 2.16. The van der Waals surface area contributed by atoms with Crippen LogP contribution in [0.3, 0.4) is 0 Å². The third kappa shape index (κ3) is 2.69. The van der Waals surface area contributed by atoms with E-state index in [4.69, 9.17) is 9.15 Å². The molecule has 0 aromatic carbocycles. The minimum Gasteiger partial charge on any atom is -0.441 e. The Morgan fingerprint density at radius 2 is 2.29 bits per heavy atom. The molecule has 1 saturated heterocycles. The van der Waals surface area contributed by atoms with Crippen LogP contribution in [0.5, 0.6) is 0 Å². The third-order valence-corrected chi connectivity index (χ3v) is 2.84. The molecule has 0 spiro atoms. The Morgan fingerprint density at radius 3 is 2.82 bits per heavy atom. The molecule has 2 rings (SSSR count). The Kier molecular flexibility index (Phi) is 3.21. The van der Waals surface area contributed by atoms with Crippen molar-refractivity contribution in [1.82, 2.24) is 4.90 Å². The number of nitrogens with zero attached hydrogens (tertiary/aromatic N) is 1. The highest BCUT2D eigenvalue weighted by Gasteiger charge is 2.24. The minimum atomic E-state index is -0.775. The van der Waals surface area contributed by atoms with Crippen LogP contribution in [0, 0.1) is 12.8 Å². The molecule has 6 nitrogen and oxygen atoms in total. The van der Waals surface area contributed by atoms with Crippen molar-refractivity contribution in [2.45, 2.75) is 26.9 Å². The SMILES string of the molecule is Cc1oc(=O)oc1COC(=O)N1CCC(C)C1. The average Bonchev–Trinajstić information content (AvgIpc) is 2.82. The number of hydrogen-bond acceptors (Lipinski definition) is 5. The molecular formula is C11H15NO5. The van der Waals surface area contributed by atoms with E-state index in [1.165, 1.54) is 0 Å². The summed E-state index contributed by atoms with van der Waals surface area (Å²) in [6, 6.07) is 0. The summed E-state index contributed by atoms with van der Waals surface area (Å²) < 4.78 is 14.4. The summed E-state index contributed by atoms with van der Waals surface area (Å²) in [6.07, 6.45) is 0.618. The maximum absolute atomic E-state index is 11.6. The Balaban J connectivity index is 1.88. The molecule has 6 heteroatoms. The molecule has 2 heterocycles. The molecule has 1 aromatic heterocycles. The number of likely N-dealkylation sites (tertiary alicyclic amines) is 1. The van der Waals surface area contributed by atoms with Crippen LogP contribution in [-0.2, 0) is 11.3 Å². The summed E-state index contributed by atoms with van der Waals surface area (Å²) >= 11 is 0. The molecule has 1 aromatic rings. The summed E-state index contributed by atoms with van der Waals surface area (Å²) in [6.45, 7) is 5.04. The van der Waals surface area contributed by atoms with Crippen molar-refractivity contribution in [3.05, 3.63) is 22.1 Å². The first-order chi connectivity index (χ1) is 8.06. The normalized spacial score (nSPS) is 19.6. The largest absolute Gasteiger partial charge is 0.519 e. The van der Waals surface area contributed by atoms with E-state index in [1.807, 2.05) is 0 Å². The molecule has 1 amide bonds. The Hall–Kier alpha value is -1.72. The van der Waals surface area contributed by atoms with E-state index in [0.29, 0.717) is 24.8 Å². The lowest BCUT2D eigenvalue weighted by Crippen LogP contribution is -2.29. The van der Waals surface area contributed by atoms with Crippen LogP contribution in [0.2, 0.25) is 0 Å². The van der Waals surface area contributed by atoms with Crippen molar-refractivity contribution in [3.8, 4) is 0 Å². The molecule has 1 fully saturated rings. The second-order valence-electron chi connectivity index (χ2n) is 4.33. The quantitative estimate of drug-likeness (QED) is 0.784. The second-order valence-corrected chi connectivity index (χ2v) is 4.33. The van der Waals surface area contributed by atoms with E-state index in [0.717, 1.165) is 6.42 Å². The van der Waals surface area contributed by atoms with Gasteiger partial charge in [-0.05, 0) is 19.3 Å². The number of rotatable bonds is 2. The monoisotopic (exact) mass is 241 g/mol. The number of aryl methyl sites for hydroxylation is 1. The van der Waals surface area contributed by atoms with Gasteiger partial charge in [0.15, 0.2) is 18.1 Å². The lowest BCUT2D eigenvalue weighted by molar-refractivity contribution is 0.0958. The molecule has 0 radical (unpaired) electrons. The first kappa shape index (κ1) is 11.8. The fourth-order valence-electron chi connectivity index (χ4n) is 1.83. The van der Waals surface area contributed by atoms with Gasteiger partial charge in [-0.1, -0.05) is 6.92 Å². The molecule has 94 valence electrons. The number of ether oxygens (including phenoxy) is 1. The minimum absolute atomic E-state index is 0.0682. The van der Waals surface area contributed by atoms with Gasteiger partial charge in [0.05, 0.1) is 0 Å². The topological polar surface area (TPSA) is 72.9 Å². The van der Waals surface area contributed by atoms with Crippen LogP contribution >= 0.6 is 0 Å². The smallest absolute Gasteiger partial charge is 0.441 e. The number of hydrogen-bond donors (Lipinski definition) is 0. The standard InChI is InChI=1S/C11H15NO5/c1-7-3-4-12(5-7)10(13)15-6-9-8(2)16-11(14)17-9/h7H,3-6H2,1-2H3. The van der Waals surface area contributed by atoms with Gasteiger partial charge in [-0.25, -0.2) is 9.59 Å². The van der Waals surface area contributed by atoms with Gasteiger partial charge in [0.25, 0.3) is 0 Å². The van der Waals surface area contributed by atoms with Crippen LogP contribution < -0.4 is 5.82 Å². The lowest BCUT2D eigenvalue weighted by atomic mass is 10.2. The van der Waals surface area contributed by atoms with Gasteiger partial charge in [-0.15, -0.1) is 0 Å². The third-order valence-electron chi connectivity index (χ3n) is 2.84. The predicted octanol–water partition coefficient (Wildman–Crippen LogP) is 1.52. The van der Waals surface area contributed by atoms with Crippen molar-refractivity contribution in [2.24, 2.45) is 5.92 Å². The Bertz CT molecular complexity index is 461. The maximum Gasteiger partial charge on any atom is 0.519 e. The van der Waals surface area contributed by atoms with Gasteiger partial charge in [0, 0.05) is 13.1 Å². The van der Waals surface area contributed by atoms with E-state index >= 15 is 0 Å². The zero-order chi connectivity index (χ0) is 12.4. The van der Waals surface area contributed by atoms with Crippen LogP contribution in [0.15, 0.2) is 13.6 Å². The molecular weight excluding hydrogens is 226 g/mol. The fraction of sp³-hybridized carbons (Fsp3) is 0.636. The molecule has 0 saturated carbocycles. The summed E-state index contributed by atoms with van der Waals surface area (Å²) in [5.74, 6) is 0.340. The first-order valence-corrected chi connectivity index (χ1v) is 5.57. The number of carbonyl (C=O) groups excluding carboxylic acids is 1. The molecule has 17 heavy (non-hydrogen) atoms. The molecule has 1 atom stereocenters. The van der Waals surface area contributed by atoms with E-state index in [-0.39, 0.29) is 18.5 Å². The predicted molar refractivity (Wildman–Crippen MR) is 57.5 cm³/mol. The highest BCUT2D eigenvalue weighted by atomic mass is 16.6. The zero-order valence-electron chi connectivity index (χ0n) is 9.89. The summed E-state index contributed by atoms with van der Waals surface area (Å²) in [5, 5.41) is 0.